The number of nitrogens with two attached hydrogens (primary N) is 1. The van der Waals surface area contributed by atoms with Crippen molar-refractivity contribution in [2.75, 3.05) is 17.7 Å². The Hall–Kier alpha value is -1.59. The van der Waals surface area contributed by atoms with E-state index in [4.69, 9.17) is 10.5 Å². The average molecular weight is 267 g/mol. The van der Waals surface area contributed by atoms with Crippen molar-refractivity contribution in [3.05, 3.63) is 0 Å². The molecule has 1 unspecified atom stereocenters. The van der Waals surface area contributed by atoms with Gasteiger partial charge in [0.25, 0.3) is 0 Å². The first kappa shape index (κ1) is 15.5. The summed E-state index contributed by atoms with van der Waals surface area (Å²) in [5.74, 6) is 1.35. The molecule has 1 aromatic rings. The summed E-state index contributed by atoms with van der Waals surface area (Å²) in [6.45, 7) is 9.13. The van der Waals surface area contributed by atoms with Crippen molar-refractivity contribution in [2.45, 2.75) is 53.0 Å². The molecule has 108 valence electrons. The number of aromatic nitrogens is 3. The lowest BCUT2D eigenvalue weighted by Crippen LogP contribution is -2.19. The van der Waals surface area contributed by atoms with Crippen LogP contribution in [0.5, 0.6) is 6.01 Å². The molecule has 0 aromatic carbocycles. The highest BCUT2D eigenvalue weighted by molar-refractivity contribution is 5.33. The molecule has 1 rings (SSSR count). The van der Waals surface area contributed by atoms with E-state index in [2.05, 4.69) is 41.0 Å². The molecule has 0 saturated carbocycles. The average Bonchev–Trinajstić information content (AvgIpc) is 2.33. The van der Waals surface area contributed by atoms with E-state index in [1.165, 1.54) is 0 Å². The lowest BCUT2D eigenvalue weighted by molar-refractivity contribution is 0.292. The van der Waals surface area contributed by atoms with E-state index in [0.717, 1.165) is 19.3 Å². The van der Waals surface area contributed by atoms with Gasteiger partial charge in [0, 0.05) is 6.04 Å². The van der Waals surface area contributed by atoms with Crippen LogP contribution in [0, 0.1) is 5.92 Å². The fourth-order valence-corrected chi connectivity index (χ4v) is 1.57. The van der Waals surface area contributed by atoms with Crippen LogP contribution in [0.2, 0.25) is 0 Å². The number of hydrogen-bond acceptors (Lipinski definition) is 6. The quantitative estimate of drug-likeness (QED) is 0.752. The van der Waals surface area contributed by atoms with Crippen LogP contribution in [0.4, 0.5) is 11.9 Å². The summed E-state index contributed by atoms with van der Waals surface area (Å²) in [7, 11) is 0. The van der Waals surface area contributed by atoms with Crippen molar-refractivity contribution >= 4 is 11.9 Å². The van der Waals surface area contributed by atoms with Crippen LogP contribution in [0.15, 0.2) is 0 Å². The Morgan fingerprint density at radius 1 is 1.16 bits per heavy atom. The fourth-order valence-electron chi connectivity index (χ4n) is 1.57. The summed E-state index contributed by atoms with van der Waals surface area (Å²) >= 11 is 0. The molecule has 6 nitrogen and oxygen atoms in total. The van der Waals surface area contributed by atoms with E-state index in [0.29, 0.717) is 24.5 Å². The molecule has 19 heavy (non-hydrogen) atoms. The van der Waals surface area contributed by atoms with Crippen LogP contribution in [0.3, 0.4) is 0 Å². The second-order valence-electron chi connectivity index (χ2n) is 5.16. The van der Waals surface area contributed by atoms with Crippen molar-refractivity contribution in [2.24, 2.45) is 5.92 Å². The SMILES string of the molecule is CCCOc1nc(N)nc(NC(C)CCC(C)C)n1. The summed E-state index contributed by atoms with van der Waals surface area (Å²) in [5.41, 5.74) is 5.65. The molecule has 0 saturated heterocycles. The standard InChI is InChI=1S/C13H25N5O/c1-5-8-19-13-17-11(14)16-12(18-13)15-10(4)7-6-9(2)3/h9-10H,5-8H2,1-4H3,(H3,14,15,16,17,18). The second-order valence-corrected chi connectivity index (χ2v) is 5.16. The Morgan fingerprint density at radius 3 is 2.53 bits per heavy atom. The predicted octanol–water partition coefficient (Wildman–Crippen LogP) is 2.48. The second kappa shape index (κ2) is 7.76. The molecular weight excluding hydrogens is 242 g/mol. The lowest BCUT2D eigenvalue weighted by atomic mass is 10.0. The number of nitrogen functional groups attached to an aromatic ring is 1. The Balaban J connectivity index is 2.59. The zero-order chi connectivity index (χ0) is 14.3. The van der Waals surface area contributed by atoms with Gasteiger partial charge in [0.15, 0.2) is 0 Å². The number of rotatable bonds is 8. The van der Waals surface area contributed by atoms with Gasteiger partial charge in [-0.1, -0.05) is 20.8 Å². The Morgan fingerprint density at radius 2 is 1.89 bits per heavy atom. The van der Waals surface area contributed by atoms with Crippen molar-refractivity contribution in [3.63, 3.8) is 0 Å². The maximum absolute atomic E-state index is 5.65. The molecule has 0 radical (unpaired) electrons. The molecule has 0 aliphatic rings. The zero-order valence-corrected chi connectivity index (χ0v) is 12.3. The maximum Gasteiger partial charge on any atom is 0.323 e. The predicted molar refractivity (Wildman–Crippen MR) is 77.2 cm³/mol. The van der Waals surface area contributed by atoms with Gasteiger partial charge in [-0.05, 0) is 32.1 Å². The van der Waals surface area contributed by atoms with Crippen LogP contribution >= 0.6 is 0 Å². The third-order valence-electron chi connectivity index (χ3n) is 2.62. The number of anilines is 2. The largest absolute Gasteiger partial charge is 0.463 e. The van der Waals surface area contributed by atoms with E-state index in [9.17, 15) is 0 Å². The van der Waals surface area contributed by atoms with Gasteiger partial charge in [0.1, 0.15) is 0 Å². The van der Waals surface area contributed by atoms with Gasteiger partial charge in [0.2, 0.25) is 11.9 Å². The molecule has 1 heterocycles. The van der Waals surface area contributed by atoms with Crippen LogP contribution < -0.4 is 15.8 Å². The molecule has 6 heteroatoms. The van der Waals surface area contributed by atoms with Gasteiger partial charge in [0.05, 0.1) is 6.61 Å². The molecule has 0 aliphatic carbocycles. The molecule has 1 aromatic heterocycles. The van der Waals surface area contributed by atoms with Crippen molar-refractivity contribution in [1.29, 1.82) is 0 Å². The van der Waals surface area contributed by atoms with Crippen LogP contribution in [0.25, 0.3) is 0 Å². The molecule has 3 N–H and O–H groups in total. The topological polar surface area (TPSA) is 86.0 Å². The summed E-state index contributed by atoms with van der Waals surface area (Å²) in [6, 6.07) is 0.580. The lowest BCUT2D eigenvalue weighted by Gasteiger charge is -2.15. The first-order valence-electron chi connectivity index (χ1n) is 6.92. The minimum atomic E-state index is 0.180. The van der Waals surface area contributed by atoms with E-state index >= 15 is 0 Å². The summed E-state index contributed by atoms with van der Waals surface area (Å²) < 4.78 is 5.37. The molecule has 1 atom stereocenters. The maximum atomic E-state index is 5.65. The van der Waals surface area contributed by atoms with Crippen molar-refractivity contribution in [1.82, 2.24) is 15.0 Å². The minimum absolute atomic E-state index is 0.180. The van der Waals surface area contributed by atoms with Crippen LogP contribution in [-0.4, -0.2) is 27.6 Å². The third kappa shape index (κ3) is 6.22. The number of ether oxygens (including phenoxy) is 1. The Kier molecular flexibility index (Phi) is 6.32. The molecule has 0 spiro atoms. The van der Waals surface area contributed by atoms with E-state index in [-0.39, 0.29) is 12.0 Å². The van der Waals surface area contributed by atoms with Gasteiger partial charge in [-0.15, -0.1) is 0 Å². The van der Waals surface area contributed by atoms with Gasteiger partial charge in [-0.3, -0.25) is 0 Å². The summed E-state index contributed by atoms with van der Waals surface area (Å²) in [5, 5.41) is 3.23. The van der Waals surface area contributed by atoms with Gasteiger partial charge in [-0.25, -0.2) is 0 Å². The van der Waals surface area contributed by atoms with Crippen LogP contribution in [-0.2, 0) is 0 Å². The number of nitrogens with one attached hydrogen (secondary N) is 1. The highest BCUT2D eigenvalue weighted by Crippen LogP contribution is 2.13. The highest BCUT2D eigenvalue weighted by atomic mass is 16.5. The smallest absolute Gasteiger partial charge is 0.323 e. The molecular formula is C13H25N5O. The van der Waals surface area contributed by atoms with Crippen molar-refractivity contribution in [3.8, 4) is 6.01 Å². The Labute approximate surface area is 115 Å². The molecule has 0 amide bonds. The summed E-state index contributed by atoms with van der Waals surface area (Å²) in [6.07, 6.45) is 3.13. The first-order valence-corrected chi connectivity index (χ1v) is 6.92. The van der Waals surface area contributed by atoms with Gasteiger partial charge in [-0.2, -0.15) is 15.0 Å². The molecule has 0 fully saturated rings. The van der Waals surface area contributed by atoms with Crippen molar-refractivity contribution < 1.29 is 4.74 Å². The molecule has 0 bridgehead atoms. The number of nitrogens with zero attached hydrogens (tertiary/aromatic N) is 3. The van der Waals surface area contributed by atoms with E-state index < -0.39 is 0 Å². The third-order valence-corrected chi connectivity index (χ3v) is 2.62. The van der Waals surface area contributed by atoms with E-state index in [1.807, 2.05) is 6.92 Å². The van der Waals surface area contributed by atoms with Crippen LogP contribution in [0.1, 0.15) is 47.0 Å². The number of hydrogen-bond donors (Lipinski definition) is 2. The van der Waals surface area contributed by atoms with Gasteiger partial charge < -0.3 is 15.8 Å². The molecule has 0 aliphatic heterocycles. The first-order chi connectivity index (χ1) is 9.01. The fraction of sp³-hybridized carbons (Fsp3) is 0.769. The highest BCUT2D eigenvalue weighted by Gasteiger charge is 2.09. The summed E-state index contributed by atoms with van der Waals surface area (Å²) in [4.78, 5) is 12.2. The zero-order valence-electron chi connectivity index (χ0n) is 12.3. The normalized spacial score (nSPS) is 12.5. The minimum Gasteiger partial charge on any atom is -0.463 e. The monoisotopic (exact) mass is 267 g/mol. The Bertz CT molecular complexity index is 383. The van der Waals surface area contributed by atoms with Gasteiger partial charge >= 0.3 is 6.01 Å². The van der Waals surface area contributed by atoms with E-state index in [1.54, 1.807) is 0 Å².